The van der Waals surface area contributed by atoms with Crippen LogP contribution in [0.3, 0.4) is 0 Å². The van der Waals surface area contributed by atoms with E-state index in [1.54, 1.807) is 0 Å². The molecule has 0 bridgehead atoms. The van der Waals surface area contributed by atoms with Gasteiger partial charge >= 0.3 is 0 Å². The van der Waals surface area contributed by atoms with Crippen LogP contribution in [0.5, 0.6) is 0 Å². The molecular formula is C12H22N6. The van der Waals surface area contributed by atoms with Crippen LogP contribution in [0.25, 0.3) is 0 Å². The Bertz CT molecular complexity index is 378. The van der Waals surface area contributed by atoms with Crippen molar-refractivity contribution in [1.29, 1.82) is 0 Å². The molecule has 3 rings (SSSR count). The topological polar surface area (TPSA) is 58.9 Å². The maximum atomic E-state index is 4.17. The van der Waals surface area contributed by atoms with Gasteiger partial charge < -0.3 is 5.32 Å². The van der Waals surface area contributed by atoms with Crippen LogP contribution in [0.2, 0.25) is 0 Å². The van der Waals surface area contributed by atoms with Gasteiger partial charge in [0.15, 0.2) is 5.82 Å². The molecule has 2 heterocycles. The van der Waals surface area contributed by atoms with Crippen molar-refractivity contribution >= 4 is 0 Å². The van der Waals surface area contributed by atoms with Crippen LogP contribution in [0.15, 0.2) is 0 Å². The van der Waals surface area contributed by atoms with E-state index in [-0.39, 0.29) is 0 Å². The first kappa shape index (κ1) is 12.0. The molecule has 6 nitrogen and oxygen atoms in total. The number of likely N-dealkylation sites (tertiary alicyclic amines) is 1. The quantitative estimate of drug-likeness (QED) is 0.821. The number of tetrazole rings is 1. The fourth-order valence-corrected chi connectivity index (χ4v) is 2.76. The van der Waals surface area contributed by atoms with E-state index >= 15 is 0 Å². The molecule has 1 aromatic heterocycles. The lowest BCUT2D eigenvalue weighted by atomic mass is 9.97. The number of aromatic nitrogens is 4. The molecule has 0 amide bonds. The lowest BCUT2D eigenvalue weighted by Gasteiger charge is -2.31. The molecule has 2 fully saturated rings. The zero-order valence-corrected chi connectivity index (χ0v) is 11.0. The van der Waals surface area contributed by atoms with Gasteiger partial charge in [0.25, 0.3) is 0 Å². The third kappa shape index (κ3) is 2.70. The zero-order valence-electron chi connectivity index (χ0n) is 11.0. The highest BCUT2D eigenvalue weighted by Gasteiger charge is 2.28. The van der Waals surface area contributed by atoms with Gasteiger partial charge in [-0.3, -0.25) is 4.90 Å². The summed E-state index contributed by atoms with van der Waals surface area (Å²) in [5.74, 6) is 1.88. The Kier molecular flexibility index (Phi) is 3.56. The highest BCUT2D eigenvalue weighted by molar-refractivity contribution is 4.91. The van der Waals surface area contributed by atoms with Crippen molar-refractivity contribution < 1.29 is 0 Å². The van der Waals surface area contributed by atoms with Gasteiger partial charge in [0.1, 0.15) is 0 Å². The number of hydrogen-bond donors (Lipinski definition) is 1. The first-order valence-corrected chi connectivity index (χ1v) is 7.00. The summed E-state index contributed by atoms with van der Waals surface area (Å²) in [4.78, 5) is 2.48. The normalized spacial score (nSPS) is 22.5. The summed E-state index contributed by atoms with van der Waals surface area (Å²) in [5.41, 5.74) is 0. The fraction of sp³-hybridized carbons (Fsp3) is 0.917. The van der Waals surface area contributed by atoms with Crippen LogP contribution in [0, 0.1) is 5.92 Å². The lowest BCUT2D eigenvalue weighted by molar-refractivity contribution is 0.170. The van der Waals surface area contributed by atoms with E-state index in [2.05, 4.69) is 25.7 Å². The summed E-state index contributed by atoms with van der Waals surface area (Å²) >= 11 is 0. The van der Waals surface area contributed by atoms with E-state index in [1.165, 1.54) is 38.8 Å². The molecule has 0 spiro atoms. The Morgan fingerprint density at radius 2 is 2.00 bits per heavy atom. The fourth-order valence-electron chi connectivity index (χ4n) is 2.76. The summed E-state index contributed by atoms with van der Waals surface area (Å²) in [6.45, 7) is 4.40. The molecular weight excluding hydrogens is 228 g/mol. The molecule has 1 saturated heterocycles. The van der Waals surface area contributed by atoms with E-state index in [9.17, 15) is 0 Å². The van der Waals surface area contributed by atoms with Gasteiger partial charge in [0.2, 0.25) is 0 Å². The zero-order chi connectivity index (χ0) is 12.4. The van der Waals surface area contributed by atoms with Gasteiger partial charge in [-0.2, -0.15) is 0 Å². The van der Waals surface area contributed by atoms with Crippen molar-refractivity contribution in [3.8, 4) is 0 Å². The van der Waals surface area contributed by atoms with Crippen LogP contribution in [-0.2, 0) is 6.54 Å². The van der Waals surface area contributed by atoms with Crippen LogP contribution >= 0.6 is 0 Å². The number of piperidine rings is 1. The van der Waals surface area contributed by atoms with Crippen molar-refractivity contribution in [2.75, 3.05) is 26.7 Å². The maximum absolute atomic E-state index is 4.17. The number of rotatable bonds is 5. The molecule has 18 heavy (non-hydrogen) atoms. The summed E-state index contributed by atoms with van der Waals surface area (Å²) in [6.07, 6.45) is 5.04. The molecule has 1 N–H and O–H groups in total. The van der Waals surface area contributed by atoms with Crippen LogP contribution in [-0.4, -0.2) is 51.8 Å². The molecule has 1 aliphatic heterocycles. The molecule has 1 aliphatic carbocycles. The maximum Gasteiger partial charge on any atom is 0.165 e. The van der Waals surface area contributed by atoms with E-state index in [1.807, 2.05) is 11.7 Å². The van der Waals surface area contributed by atoms with Gasteiger partial charge in [-0.15, -0.1) is 5.10 Å². The minimum absolute atomic E-state index is 0.580. The van der Waals surface area contributed by atoms with Crippen LogP contribution in [0.4, 0.5) is 0 Å². The lowest BCUT2D eigenvalue weighted by Crippen LogP contribution is -2.36. The molecule has 0 radical (unpaired) electrons. The molecule has 2 aliphatic rings. The largest absolute Gasteiger partial charge is 0.319 e. The number of nitrogens with one attached hydrogen (secondary N) is 1. The van der Waals surface area contributed by atoms with E-state index in [4.69, 9.17) is 0 Å². The van der Waals surface area contributed by atoms with Crippen LogP contribution in [0.1, 0.15) is 37.5 Å². The first-order chi connectivity index (χ1) is 8.86. The predicted molar refractivity (Wildman–Crippen MR) is 68.0 cm³/mol. The highest BCUT2D eigenvalue weighted by atomic mass is 15.6. The third-order valence-electron chi connectivity index (χ3n) is 4.02. The molecule has 1 saturated carbocycles. The Labute approximate surface area is 108 Å². The van der Waals surface area contributed by atoms with E-state index in [0.29, 0.717) is 6.04 Å². The minimum atomic E-state index is 0.580. The molecule has 6 heteroatoms. The smallest absolute Gasteiger partial charge is 0.165 e. The standard InChI is InChI=1S/C12H22N6/c1-13-8-10-4-6-17(7-5-10)9-12-14-15-16-18(12)11-2-3-11/h10-11,13H,2-9H2,1H3. The minimum Gasteiger partial charge on any atom is -0.319 e. The van der Waals surface area contributed by atoms with Gasteiger partial charge in [0, 0.05) is 0 Å². The Morgan fingerprint density at radius 3 is 2.67 bits per heavy atom. The Balaban J connectivity index is 1.52. The Hall–Kier alpha value is -1.01. The third-order valence-corrected chi connectivity index (χ3v) is 4.02. The van der Waals surface area contributed by atoms with Crippen molar-refractivity contribution in [1.82, 2.24) is 30.4 Å². The second kappa shape index (κ2) is 5.32. The van der Waals surface area contributed by atoms with E-state index < -0.39 is 0 Å². The first-order valence-electron chi connectivity index (χ1n) is 7.00. The molecule has 100 valence electrons. The summed E-state index contributed by atoms with van der Waals surface area (Å²) < 4.78 is 2.03. The van der Waals surface area contributed by atoms with Gasteiger partial charge in [-0.25, -0.2) is 4.68 Å². The van der Waals surface area contributed by atoms with Crippen molar-refractivity contribution in [2.24, 2.45) is 5.92 Å². The second-order valence-electron chi connectivity index (χ2n) is 5.55. The SMILES string of the molecule is CNCC1CCN(Cc2nnnn2C2CC2)CC1. The summed E-state index contributed by atoms with van der Waals surface area (Å²) in [5, 5.41) is 15.4. The average Bonchev–Trinajstić information content (AvgIpc) is 3.13. The molecule has 0 unspecified atom stereocenters. The predicted octanol–water partition coefficient (Wildman–Crippen LogP) is 0.439. The van der Waals surface area contributed by atoms with Gasteiger partial charge in [-0.1, -0.05) is 0 Å². The molecule has 0 aromatic carbocycles. The molecule has 1 aromatic rings. The van der Waals surface area contributed by atoms with Gasteiger partial charge in [-0.05, 0) is 68.7 Å². The van der Waals surface area contributed by atoms with Crippen LogP contribution < -0.4 is 5.32 Å². The summed E-state index contributed by atoms with van der Waals surface area (Å²) in [6, 6.07) is 0.580. The van der Waals surface area contributed by atoms with Crippen molar-refractivity contribution in [3.05, 3.63) is 5.82 Å². The highest BCUT2D eigenvalue weighted by Crippen LogP contribution is 2.34. The van der Waals surface area contributed by atoms with Crippen molar-refractivity contribution in [2.45, 2.75) is 38.3 Å². The Morgan fingerprint density at radius 1 is 1.22 bits per heavy atom. The van der Waals surface area contributed by atoms with Crippen molar-refractivity contribution in [3.63, 3.8) is 0 Å². The van der Waals surface area contributed by atoms with Gasteiger partial charge in [0.05, 0.1) is 12.6 Å². The summed E-state index contributed by atoms with van der Waals surface area (Å²) in [7, 11) is 2.04. The second-order valence-corrected chi connectivity index (χ2v) is 5.55. The number of nitrogens with zero attached hydrogens (tertiary/aromatic N) is 5. The average molecular weight is 250 g/mol. The van der Waals surface area contributed by atoms with E-state index in [0.717, 1.165) is 24.8 Å². The monoisotopic (exact) mass is 250 g/mol. The number of hydrogen-bond acceptors (Lipinski definition) is 5. The molecule has 0 atom stereocenters.